The lowest BCUT2D eigenvalue weighted by Gasteiger charge is -2.09. The molecule has 6 heteroatoms. The first kappa shape index (κ1) is 16.3. The van der Waals surface area contributed by atoms with Crippen molar-refractivity contribution in [3.63, 3.8) is 0 Å². The Kier molecular flexibility index (Phi) is 4.80. The topological polar surface area (TPSA) is 78.0 Å². The third-order valence-corrected chi connectivity index (χ3v) is 3.71. The summed E-state index contributed by atoms with van der Waals surface area (Å²) >= 11 is 0. The van der Waals surface area contributed by atoms with Gasteiger partial charge in [-0.25, -0.2) is 4.98 Å². The van der Waals surface area contributed by atoms with E-state index in [1.165, 1.54) is 12.1 Å². The zero-order chi connectivity index (χ0) is 17.6. The van der Waals surface area contributed by atoms with E-state index >= 15 is 0 Å². The van der Waals surface area contributed by atoms with Crippen molar-refractivity contribution in [1.29, 1.82) is 0 Å². The van der Waals surface area contributed by atoms with Crippen molar-refractivity contribution in [2.75, 3.05) is 0 Å². The maximum absolute atomic E-state index is 12.5. The number of Topliss-reactive ketones (excluding diaryl/α,β-unsaturated/α-hetero) is 1. The maximum atomic E-state index is 12.5. The number of rotatable bonds is 6. The summed E-state index contributed by atoms with van der Waals surface area (Å²) < 4.78 is 1.77. The van der Waals surface area contributed by atoms with Crippen LogP contribution in [-0.4, -0.2) is 20.3 Å². The summed E-state index contributed by atoms with van der Waals surface area (Å²) in [5, 5.41) is 10.8. The van der Waals surface area contributed by atoms with Gasteiger partial charge in [0.05, 0.1) is 17.7 Å². The lowest BCUT2D eigenvalue weighted by molar-refractivity contribution is -0.384. The SMILES string of the molecule is O=C(CC(=Cc1ccc([N+](=O)[O-])cc1)n1ccnc1)c1ccccc1. The fourth-order valence-corrected chi connectivity index (χ4v) is 2.42. The highest BCUT2D eigenvalue weighted by Crippen LogP contribution is 2.20. The van der Waals surface area contributed by atoms with Crippen LogP contribution < -0.4 is 0 Å². The fourth-order valence-electron chi connectivity index (χ4n) is 2.42. The van der Waals surface area contributed by atoms with Crippen molar-refractivity contribution in [3.05, 3.63) is 94.6 Å². The Balaban J connectivity index is 1.90. The summed E-state index contributed by atoms with van der Waals surface area (Å²) in [6.45, 7) is 0. The number of imidazole rings is 1. The molecular formula is C19H15N3O3. The van der Waals surface area contributed by atoms with Crippen LogP contribution in [0.4, 0.5) is 5.69 Å². The number of allylic oxidation sites excluding steroid dienone is 1. The van der Waals surface area contributed by atoms with Crippen LogP contribution in [-0.2, 0) is 0 Å². The van der Waals surface area contributed by atoms with Gasteiger partial charge in [0.25, 0.3) is 5.69 Å². The second kappa shape index (κ2) is 7.35. The Hall–Kier alpha value is -3.54. The summed E-state index contributed by atoms with van der Waals surface area (Å²) in [7, 11) is 0. The molecule has 3 rings (SSSR count). The van der Waals surface area contributed by atoms with E-state index in [1.54, 1.807) is 47.6 Å². The highest BCUT2D eigenvalue weighted by molar-refractivity contribution is 6.02. The van der Waals surface area contributed by atoms with Gasteiger partial charge in [0.1, 0.15) is 0 Å². The lowest BCUT2D eigenvalue weighted by atomic mass is 10.0. The van der Waals surface area contributed by atoms with Crippen LogP contribution in [0.2, 0.25) is 0 Å². The van der Waals surface area contributed by atoms with Gasteiger partial charge < -0.3 is 4.57 Å². The van der Waals surface area contributed by atoms with Crippen LogP contribution in [0.1, 0.15) is 22.3 Å². The van der Waals surface area contributed by atoms with Gasteiger partial charge in [-0.15, -0.1) is 0 Å². The minimum absolute atomic E-state index is 0.0116. The molecule has 0 aliphatic heterocycles. The molecule has 1 aromatic heterocycles. The molecule has 124 valence electrons. The number of nitrogens with zero attached hydrogens (tertiary/aromatic N) is 3. The number of carbonyl (C=O) groups is 1. The summed E-state index contributed by atoms with van der Waals surface area (Å²) in [5.41, 5.74) is 2.18. The predicted molar refractivity (Wildman–Crippen MR) is 94.9 cm³/mol. The highest BCUT2D eigenvalue weighted by Gasteiger charge is 2.11. The third kappa shape index (κ3) is 4.06. The Morgan fingerprint density at radius 3 is 2.44 bits per heavy atom. The molecule has 0 radical (unpaired) electrons. The van der Waals surface area contributed by atoms with Gasteiger partial charge in [-0.05, 0) is 23.8 Å². The van der Waals surface area contributed by atoms with Crippen LogP contribution in [0.5, 0.6) is 0 Å². The first-order valence-electron chi connectivity index (χ1n) is 7.65. The smallest absolute Gasteiger partial charge is 0.269 e. The molecule has 0 fully saturated rings. The molecule has 6 nitrogen and oxygen atoms in total. The molecule has 0 N–H and O–H groups in total. The van der Waals surface area contributed by atoms with Gasteiger partial charge in [-0.2, -0.15) is 0 Å². The zero-order valence-corrected chi connectivity index (χ0v) is 13.3. The first-order chi connectivity index (χ1) is 12.1. The van der Waals surface area contributed by atoms with Gasteiger partial charge in [-0.3, -0.25) is 14.9 Å². The van der Waals surface area contributed by atoms with Crippen LogP contribution in [0.15, 0.2) is 73.3 Å². The van der Waals surface area contributed by atoms with Crippen LogP contribution >= 0.6 is 0 Å². The van der Waals surface area contributed by atoms with Gasteiger partial charge in [-0.1, -0.05) is 30.3 Å². The van der Waals surface area contributed by atoms with E-state index in [0.29, 0.717) is 5.56 Å². The number of hydrogen-bond donors (Lipinski definition) is 0. The molecule has 0 unspecified atom stereocenters. The molecule has 0 spiro atoms. The minimum atomic E-state index is -0.441. The number of ketones is 1. The minimum Gasteiger partial charge on any atom is -0.310 e. The van der Waals surface area contributed by atoms with E-state index in [2.05, 4.69) is 4.98 Å². The van der Waals surface area contributed by atoms with Crippen molar-refractivity contribution >= 4 is 23.2 Å². The molecule has 0 amide bonds. The summed E-state index contributed by atoms with van der Waals surface area (Å²) in [5.74, 6) is -0.0116. The molecule has 0 saturated carbocycles. The van der Waals surface area contributed by atoms with Crippen molar-refractivity contribution < 1.29 is 9.72 Å². The largest absolute Gasteiger partial charge is 0.310 e. The standard InChI is InChI=1S/C19H15N3O3/c23-19(16-4-2-1-3-5-16)13-18(21-11-10-20-14-21)12-15-6-8-17(9-7-15)22(24)25/h1-12,14H,13H2. The van der Waals surface area contributed by atoms with Gasteiger partial charge >= 0.3 is 0 Å². The van der Waals surface area contributed by atoms with Crippen molar-refractivity contribution in [2.45, 2.75) is 6.42 Å². The fraction of sp³-hybridized carbons (Fsp3) is 0.0526. The van der Waals surface area contributed by atoms with E-state index < -0.39 is 4.92 Å². The summed E-state index contributed by atoms with van der Waals surface area (Å²) in [4.78, 5) is 26.9. The van der Waals surface area contributed by atoms with Crippen LogP contribution in [0.3, 0.4) is 0 Å². The normalized spacial score (nSPS) is 11.3. The van der Waals surface area contributed by atoms with Crippen LogP contribution in [0.25, 0.3) is 11.8 Å². The number of carbonyl (C=O) groups excluding carboxylic acids is 1. The second-order valence-corrected chi connectivity index (χ2v) is 5.42. The van der Waals surface area contributed by atoms with E-state index in [1.807, 2.05) is 24.3 Å². The zero-order valence-electron chi connectivity index (χ0n) is 13.3. The monoisotopic (exact) mass is 333 g/mol. The van der Waals surface area contributed by atoms with Crippen LogP contribution in [0, 0.1) is 10.1 Å². The number of benzene rings is 2. The molecule has 0 aliphatic carbocycles. The van der Waals surface area contributed by atoms with Gasteiger partial charge in [0.2, 0.25) is 0 Å². The third-order valence-electron chi connectivity index (χ3n) is 3.71. The Labute approximate surface area is 144 Å². The number of aromatic nitrogens is 2. The molecule has 2 aromatic carbocycles. The first-order valence-corrected chi connectivity index (χ1v) is 7.65. The number of hydrogen-bond acceptors (Lipinski definition) is 4. The van der Waals surface area contributed by atoms with Gasteiger partial charge in [0.15, 0.2) is 5.78 Å². The molecule has 1 heterocycles. The Morgan fingerprint density at radius 2 is 1.84 bits per heavy atom. The van der Waals surface area contributed by atoms with Gasteiger partial charge in [0, 0.05) is 35.8 Å². The maximum Gasteiger partial charge on any atom is 0.269 e. The summed E-state index contributed by atoms with van der Waals surface area (Å²) in [6, 6.07) is 15.3. The number of non-ortho nitro benzene ring substituents is 1. The average Bonchev–Trinajstić information content (AvgIpc) is 3.17. The molecule has 0 saturated heterocycles. The average molecular weight is 333 g/mol. The molecular weight excluding hydrogens is 318 g/mol. The van der Waals surface area contributed by atoms with Crippen molar-refractivity contribution in [1.82, 2.24) is 9.55 Å². The van der Waals surface area contributed by atoms with E-state index in [-0.39, 0.29) is 17.9 Å². The Bertz CT molecular complexity index is 899. The van der Waals surface area contributed by atoms with E-state index in [9.17, 15) is 14.9 Å². The van der Waals surface area contributed by atoms with E-state index in [4.69, 9.17) is 0 Å². The molecule has 0 atom stereocenters. The second-order valence-electron chi connectivity index (χ2n) is 5.42. The molecule has 3 aromatic rings. The highest BCUT2D eigenvalue weighted by atomic mass is 16.6. The molecule has 0 aliphatic rings. The predicted octanol–water partition coefficient (Wildman–Crippen LogP) is 4.06. The van der Waals surface area contributed by atoms with E-state index in [0.717, 1.165) is 11.3 Å². The Morgan fingerprint density at radius 1 is 1.12 bits per heavy atom. The molecule has 0 bridgehead atoms. The number of nitro benzene ring substituents is 1. The molecule has 25 heavy (non-hydrogen) atoms. The number of nitro groups is 1. The quantitative estimate of drug-likeness (QED) is 0.387. The summed E-state index contributed by atoms with van der Waals surface area (Å²) in [6.07, 6.45) is 7.03. The van der Waals surface area contributed by atoms with Crippen molar-refractivity contribution in [2.24, 2.45) is 0 Å². The lowest BCUT2D eigenvalue weighted by Crippen LogP contribution is -2.04. The van der Waals surface area contributed by atoms with Crippen molar-refractivity contribution in [3.8, 4) is 0 Å².